The van der Waals surface area contributed by atoms with Crippen LogP contribution in [0.3, 0.4) is 0 Å². The zero-order valence-corrected chi connectivity index (χ0v) is 17.6. The molecule has 1 aliphatic heterocycles. The van der Waals surface area contributed by atoms with Crippen LogP contribution in [0.5, 0.6) is 0 Å². The van der Waals surface area contributed by atoms with Crippen molar-refractivity contribution in [2.24, 2.45) is 0 Å². The summed E-state index contributed by atoms with van der Waals surface area (Å²) in [6.45, 7) is 1.53. The molecule has 0 aromatic carbocycles. The quantitative estimate of drug-likeness (QED) is 0.406. The van der Waals surface area contributed by atoms with Crippen molar-refractivity contribution in [3.05, 3.63) is 50.7 Å². The van der Waals surface area contributed by atoms with Gasteiger partial charge in [0.2, 0.25) is 0 Å². The molecular formula is C18H14ClF4NO4S2. The van der Waals surface area contributed by atoms with E-state index in [4.69, 9.17) is 11.6 Å². The van der Waals surface area contributed by atoms with Crippen LogP contribution in [0.25, 0.3) is 0 Å². The number of carbonyl (C=O) groups excluding carboxylic acids is 1. The number of thioether (sulfide) groups is 1. The monoisotopic (exact) mass is 483 g/mol. The number of fused-ring (bicyclic) bond motifs is 1. The Morgan fingerprint density at radius 1 is 1.43 bits per heavy atom. The highest BCUT2D eigenvalue weighted by Gasteiger charge is 2.44. The van der Waals surface area contributed by atoms with Crippen LogP contribution in [0.4, 0.5) is 17.6 Å². The molecule has 1 aromatic heterocycles. The fourth-order valence-corrected chi connectivity index (χ4v) is 5.31. The van der Waals surface area contributed by atoms with Crippen molar-refractivity contribution in [3.8, 4) is 0 Å². The summed E-state index contributed by atoms with van der Waals surface area (Å²) in [5.41, 5.74) is 1.10. The fraction of sp³-hybridized carbons (Fsp3) is 0.333. The number of aliphatic hydroxyl groups is 1. The number of carbonyl (C=O) groups is 2. The van der Waals surface area contributed by atoms with Gasteiger partial charge in [-0.25, -0.2) is 8.78 Å². The number of carboxylic acid groups (broad SMARTS) is 1. The standard InChI is InChI=1S/C18H14ClF4NO4S2/c1-7-9(4-14(26)27)10-3-13(25)11(19)5-12(10)24(7)16(28)8-2-15(29-6-8)30-18(22,23)17(20)21/h2-3,6,12,17,25H,4-5H2,1H3,(H,26,27). The molecule has 0 spiro atoms. The normalized spacial score (nSPS) is 19.5. The van der Waals surface area contributed by atoms with E-state index in [0.29, 0.717) is 16.8 Å². The lowest BCUT2D eigenvalue weighted by Crippen LogP contribution is -2.37. The third-order valence-electron chi connectivity index (χ3n) is 4.62. The number of aliphatic carboxylic acids is 1. The Morgan fingerprint density at radius 3 is 2.70 bits per heavy atom. The highest BCUT2D eigenvalue weighted by atomic mass is 35.5. The molecule has 1 amide bonds. The molecule has 1 unspecified atom stereocenters. The first-order valence-electron chi connectivity index (χ1n) is 8.40. The van der Waals surface area contributed by atoms with Gasteiger partial charge in [-0.05, 0) is 42.0 Å². The van der Waals surface area contributed by atoms with Crippen LogP contribution < -0.4 is 0 Å². The predicted molar refractivity (Wildman–Crippen MR) is 104 cm³/mol. The average molecular weight is 484 g/mol. The van der Waals surface area contributed by atoms with E-state index in [1.807, 2.05) is 0 Å². The van der Waals surface area contributed by atoms with E-state index in [0.717, 1.165) is 17.4 Å². The Bertz CT molecular complexity index is 1000. The molecule has 2 aliphatic rings. The highest BCUT2D eigenvalue weighted by molar-refractivity contribution is 8.02. The first-order valence-corrected chi connectivity index (χ1v) is 10.5. The zero-order valence-electron chi connectivity index (χ0n) is 15.2. The van der Waals surface area contributed by atoms with E-state index in [1.54, 1.807) is 0 Å². The van der Waals surface area contributed by atoms with E-state index in [-0.39, 0.29) is 38.7 Å². The maximum atomic E-state index is 13.3. The van der Waals surface area contributed by atoms with E-state index in [9.17, 15) is 37.4 Å². The molecule has 0 saturated heterocycles. The second-order valence-electron chi connectivity index (χ2n) is 6.54. The molecule has 1 atom stereocenters. The Morgan fingerprint density at radius 2 is 2.10 bits per heavy atom. The molecule has 0 saturated carbocycles. The highest BCUT2D eigenvalue weighted by Crippen LogP contribution is 2.45. The molecule has 1 aliphatic carbocycles. The lowest BCUT2D eigenvalue weighted by molar-refractivity contribution is -0.136. The Hall–Kier alpha value is -1.98. The van der Waals surface area contributed by atoms with Gasteiger partial charge in [0.05, 0.1) is 27.3 Å². The van der Waals surface area contributed by atoms with Gasteiger partial charge in [0.1, 0.15) is 5.76 Å². The largest absolute Gasteiger partial charge is 0.507 e. The smallest absolute Gasteiger partial charge is 0.358 e. The van der Waals surface area contributed by atoms with Gasteiger partial charge in [0.15, 0.2) is 0 Å². The van der Waals surface area contributed by atoms with Crippen LogP contribution in [0.1, 0.15) is 30.1 Å². The maximum absolute atomic E-state index is 13.3. The van der Waals surface area contributed by atoms with Gasteiger partial charge in [-0.2, -0.15) is 8.78 Å². The molecule has 162 valence electrons. The molecule has 3 rings (SSSR count). The van der Waals surface area contributed by atoms with Crippen molar-refractivity contribution in [2.45, 2.75) is 41.7 Å². The van der Waals surface area contributed by atoms with Gasteiger partial charge in [0.25, 0.3) is 5.91 Å². The molecule has 30 heavy (non-hydrogen) atoms. The summed E-state index contributed by atoms with van der Waals surface area (Å²) in [6, 6.07) is 0.422. The third-order valence-corrected chi connectivity index (χ3v) is 7.00. The van der Waals surface area contributed by atoms with E-state index in [2.05, 4.69) is 0 Å². The molecule has 2 heterocycles. The number of thiophene rings is 1. The van der Waals surface area contributed by atoms with Crippen molar-refractivity contribution in [1.29, 1.82) is 0 Å². The third kappa shape index (κ3) is 4.23. The van der Waals surface area contributed by atoms with Crippen molar-refractivity contribution < 1.29 is 37.4 Å². The first kappa shape index (κ1) is 22.7. The topological polar surface area (TPSA) is 77.8 Å². The number of halogens is 5. The number of hydrogen-bond acceptors (Lipinski definition) is 5. The Labute approximate surface area is 181 Å². The number of hydrogen-bond donors (Lipinski definition) is 2. The SMILES string of the molecule is CC1=C(CC(=O)O)C2=CC(O)=C(Cl)CC2N1C(=O)c1csc(SC(F)(F)C(F)F)c1. The fourth-order valence-electron chi connectivity index (χ4n) is 3.29. The van der Waals surface area contributed by atoms with Crippen LogP contribution in [0, 0.1) is 0 Å². The van der Waals surface area contributed by atoms with Crippen LogP contribution in [0.15, 0.2) is 49.4 Å². The van der Waals surface area contributed by atoms with Gasteiger partial charge in [-0.3, -0.25) is 9.59 Å². The van der Waals surface area contributed by atoms with Crippen molar-refractivity contribution in [1.82, 2.24) is 4.90 Å². The molecule has 0 fully saturated rings. The Kier molecular flexibility index (Phi) is 6.26. The maximum Gasteiger partial charge on any atom is 0.358 e. The molecular weight excluding hydrogens is 470 g/mol. The first-order chi connectivity index (χ1) is 13.9. The van der Waals surface area contributed by atoms with E-state index < -0.39 is 36.0 Å². The molecule has 5 nitrogen and oxygen atoms in total. The van der Waals surface area contributed by atoms with Gasteiger partial charge in [0, 0.05) is 17.5 Å². The lowest BCUT2D eigenvalue weighted by atomic mass is 9.92. The average Bonchev–Trinajstić information content (AvgIpc) is 3.18. The summed E-state index contributed by atoms with van der Waals surface area (Å²) in [5.74, 6) is -1.98. The molecule has 0 radical (unpaired) electrons. The van der Waals surface area contributed by atoms with Crippen molar-refractivity contribution in [3.63, 3.8) is 0 Å². The second kappa shape index (κ2) is 8.27. The molecule has 2 N–H and O–H groups in total. The number of carboxylic acids is 1. The van der Waals surface area contributed by atoms with Gasteiger partial charge < -0.3 is 15.1 Å². The van der Waals surface area contributed by atoms with Crippen molar-refractivity contribution in [2.75, 3.05) is 0 Å². The minimum atomic E-state index is -4.29. The van der Waals surface area contributed by atoms with Crippen LogP contribution >= 0.6 is 34.7 Å². The van der Waals surface area contributed by atoms with Crippen LogP contribution in [-0.2, 0) is 4.79 Å². The number of alkyl halides is 4. The van der Waals surface area contributed by atoms with Gasteiger partial charge in [-0.1, -0.05) is 11.6 Å². The minimum absolute atomic E-state index is 0.00209. The van der Waals surface area contributed by atoms with E-state index >= 15 is 0 Å². The summed E-state index contributed by atoms with van der Waals surface area (Å²) in [4.78, 5) is 25.7. The number of amides is 1. The van der Waals surface area contributed by atoms with Crippen LogP contribution in [-0.4, -0.2) is 44.7 Å². The minimum Gasteiger partial charge on any atom is -0.507 e. The summed E-state index contributed by atoms with van der Waals surface area (Å²) in [6.07, 6.45) is -2.90. The van der Waals surface area contributed by atoms with Crippen LogP contribution in [0.2, 0.25) is 0 Å². The zero-order chi connectivity index (χ0) is 22.4. The van der Waals surface area contributed by atoms with Crippen molar-refractivity contribution >= 4 is 46.6 Å². The summed E-state index contributed by atoms with van der Waals surface area (Å²) >= 11 is 6.41. The molecule has 12 heteroatoms. The number of aliphatic hydroxyl groups excluding tert-OH is 1. The summed E-state index contributed by atoms with van der Waals surface area (Å²) < 4.78 is 51.3. The van der Waals surface area contributed by atoms with E-state index in [1.165, 1.54) is 23.3 Å². The predicted octanol–water partition coefficient (Wildman–Crippen LogP) is 5.61. The molecule has 0 bridgehead atoms. The number of allylic oxidation sites excluding steroid dienone is 2. The second-order valence-corrected chi connectivity index (χ2v) is 9.35. The van der Waals surface area contributed by atoms with Gasteiger partial charge in [-0.15, -0.1) is 11.3 Å². The Balaban J connectivity index is 1.93. The summed E-state index contributed by atoms with van der Waals surface area (Å²) in [5, 5.41) is 16.2. The molecule has 1 aromatic rings. The lowest BCUT2D eigenvalue weighted by Gasteiger charge is -2.29. The van der Waals surface area contributed by atoms with Gasteiger partial charge >= 0.3 is 17.6 Å². The number of rotatable bonds is 6. The summed E-state index contributed by atoms with van der Waals surface area (Å²) in [7, 11) is 0. The number of nitrogens with zero attached hydrogens (tertiary/aromatic N) is 1.